The summed E-state index contributed by atoms with van der Waals surface area (Å²) >= 11 is 4.48. The van der Waals surface area contributed by atoms with E-state index in [0.29, 0.717) is 21.8 Å². The van der Waals surface area contributed by atoms with E-state index in [4.69, 9.17) is 4.74 Å². The quantitative estimate of drug-likeness (QED) is 0.742. The number of rotatable bonds is 6. The first kappa shape index (κ1) is 19.3. The number of hydrogen-bond donors (Lipinski definition) is 2. The Morgan fingerprint density at radius 1 is 1.48 bits per heavy atom. The second kappa shape index (κ2) is 8.24. The van der Waals surface area contributed by atoms with E-state index in [0.717, 1.165) is 25.9 Å². The molecule has 1 aliphatic heterocycles. The molecule has 21 heavy (non-hydrogen) atoms. The summed E-state index contributed by atoms with van der Waals surface area (Å²) in [6.07, 6.45) is 1.82. The van der Waals surface area contributed by atoms with Gasteiger partial charge in [0.05, 0.1) is 6.61 Å². The van der Waals surface area contributed by atoms with Crippen LogP contribution in [0.15, 0.2) is 20.1 Å². The fraction of sp³-hybridized carbons (Fsp3) is 0.667. The molecule has 0 aliphatic carbocycles. The Labute approximate surface area is 144 Å². The number of hydrogen-bond acceptors (Lipinski definition) is 5. The molecule has 1 saturated heterocycles. The maximum Gasteiger partial charge on any atom is 0.251 e. The molecule has 5 nitrogen and oxygen atoms in total. The Kier molecular flexibility index (Phi) is 7.59. The van der Waals surface area contributed by atoms with Gasteiger partial charge >= 0.3 is 0 Å². The number of sulfonamides is 1. The predicted molar refractivity (Wildman–Crippen MR) is 90.9 cm³/mol. The molecule has 0 atom stereocenters. The Morgan fingerprint density at radius 2 is 2.14 bits per heavy atom. The summed E-state index contributed by atoms with van der Waals surface area (Å²) in [6.45, 7) is 2.78. The molecule has 2 N–H and O–H groups in total. The molecule has 0 aromatic carbocycles. The van der Waals surface area contributed by atoms with E-state index >= 15 is 0 Å². The molecule has 1 fully saturated rings. The third-order valence-electron chi connectivity index (χ3n) is 3.58. The van der Waals surface area contributed by atoms with E-state index < -0.39 is 10.0 Å². The monoisotopic (exact) mass is 418 g/mol. The zero-order valence-corrected chi connectivity index (χ0v) is 15.8. The van der Waals surface area contributed by atoms with Crippen LogP contribution in [0.25, 0.3) is 0 Å². The first-order valence-corrected chi connectivity index (χ1v) is 9.57. The van der Waals surface area contributed by atoms with Gasteiger partial charge in [-0.3, -0.25) is 0 Å². The molecule has 1 aromatic rings. The summed E-state index contributed by atoms with van der Waals surface area (Å²) in [5.41, 5.74) is -0.114. The van der Waals surface area contributed by atoms with Gasteiger partial charge in [0.1, 0.15) is 4.21 Å². The second-order valence-electron chi connectivity index (χ2n) is 5.06. The summed E-state index contributed by atoms with van der Waals surface area (Å²) in [5.74, 6) is 0. The Morgan fingerprint density at radius 3 is 2.67 bits per heavy atom. The van der Waals surface area contributed by atoms with Gasteiger partial charge in [-0.1, -0.05) is 0 Å². The summed E-state index contributed by atoms with van der Waals surface area (Å²) in [5, 5.41) is 5.05. The average molecular weight is 420 g/mol. The van der Waals surface area contributed by atoms with E-state index in [9.17, 15) is 8.42 Å². The highest BCUT2D eigenvalue weighted by Crippen LogP contribution is 2.31. The molecule has 0 radical (unpaired) electrons. The van der Waals surface area contributed by atoms with E-state index in [-0.39, 0.29) is 17.8 Å². The lowest BCUT2D eigenvalue weighted by Crippen LogP contribution is -2.47. The van der Waals surface area contributed by atoms with E-state index in [1.807, 2.05) is 0 Å². The maximum atomic E-state index is 12.3. The topological polar surface area (TPSA) is 67.4 Å². The van der Waals surface area contributed by atoms with Crippen molar-refractivity contribution in [2.75, 3.05) is 33.4 Å². The van der Waals surface area contributed by atoms with Crippen molar-refractivity contribution < 1.29 is 13.2 Å². The zero-order valence-electron chi connectivity index (χ0n) is 11.7. The summed E-state index contributed by atoms with van der Waals surface area (Å²) in [7, 11) is -1.80. The van der Waals surface area contributed by atoms with Crippen molar-refractivity contribution in [2.45, 2.75) is 17.1 Å². The smallest absolute Gasteiger partial charge is 0.251 e. The minimum Gasteiger partial charge on any atom is -0.384 e. The molecular weight excluding hydrogens is 400 g/mol. The fourth-order valence-electron chi connectivity index (χ4n) is 2.42. The molecule has 0 unspecified atom stereocenters. The standard InChI is InChI=1S/C12H19BrN2O3S2.ClH/c1-18-9-12(3-5-14-6-4-12)8-15-20(16,17)11-10(13)2-7-19-11;/h2,7,14-15H,3-6,8-9H2,1H3;1H. The largest absolute Gasteiger partial charge is 0.384 e. The van der Waals surface area contributed by atoms with Gasteiger partial charge in [0.2, 0.25) is 0 Å². The van der Waals surface area contributed by atoms with E-state index in [2.05, 4.69) is 26.0 Å². The van der Waals surface area contributed by atoms with Crippen molar-refractivity contribution in [1.29, 1.82) is 0 Å². The van der Waals surface area contributed by atoms with Crippen LogP contribution in [-0.4, -0.2) is 41.8 Å². The van der Waals surface area contributed by atoms with Crippen molar-refractivity contribution in [2.24, 2.45) is 5.41 Å². The number of halogens is 2. The van der Waals surface area contributed by atoms with Crippen LogP contribution in [-0.2, 0) is 14.8 Å². The van der Waals surface area contributed by atoms with Crippen LogP contribution in [0.1, 0.15) is 12.8 Å². The molecule has 1 aliphatic rings. The Hall–Kier alpha value is 0.300. The van der Waals surface area contributed by atoms with Crippen LogP contribution >= 0.6 is 39.7 Å². The van der Waals surface area contributed by atoms with Crippen molar-refractivity contribution in [3.63, 3.8) is 0 Å². The van der Waals surface area contributed by atoms with Gasteiger partial charge in [-0.15, -0.1) is 23.7 Å². The highest BCUT2D eigenvalue weighted by atomic mass is 79.9. The Balaban J connectivity index is 0.00000220. The molecule has 0 spiro atoms. The lowest BCUT2D eigenvalue weighted by molar-refractivity contribution is 0.0577. The molecule has 1 aromatic heterocycles. The van der Waals surface area contributed by atoms with Crippen LogP contribution in [0, 0.1) is 5.41 Å². The molecular formula is C12H20BrClN2O3S2. The van der Waals surface area contributed by atoms with Crippen LogP contribution in [0.2, 0.25) is 0 Å². The van der Waals surface area contributed by atoms with Crippen molar-refractivity contribution in [1.82, 2.24) is 10.0 Å². The average Bonchev–Trinajstić information content (AvgIpc) is 2.85. The molecule has 122 valence electrons. The van der Waals surface area contributed by atoms with Gasteiger partial charge < -0.3 is 10.1 Å². The lowest BCUT2D eigenvalue weighted by atomic mass is 9.80. The van der Waals surface area contributed by atoms with E-state index in [1.165, 1.54) is 11.3 Å². The first-order chi connectivity index (χ1) is 9.49. The zero-order chi connectivity index (χ0) is 14.6. The van der Waals surface area contributed by atoms with Gasteiger partial charge in [0.15, 0.2) is 0 Å². The number of thiophene rings is 1. The first-order valence-electron chi connectivity index (χ1n) is 6.41. The fourth-order valence-corrected chi connectivity index (χ4v) is 5.96. The normalized spacial score (nSPS) is 18.2. The van der Waals surface area contributed by atoms with Gasteiger partial charge in [0.25, 0.3) is 10.0 Å². The third kappa shape index (κ3) is 4.89. The van der Waals surface area contributed by atoms with Gasteiger partial charge in [-0.05, 0) is 53.3 Å². The van der Waals surface area contributed by atoms with Crippen LogP contribution < -0.4 is 10.0 Å². The summed E-state index contributed by atoms with van der Waals surface area (Å²) in [6, 6.07) is 1.74. The molecule has 0 bridgehead atoms. The number of nitrogens with one attached hydrogen (secondary N) is 2. The summed E-state index contributed by atoms with van der Waals surface area (Å²) in [4.78, 5) is 0. The summed E-state index contributed by atoms with van der Waals surface area (Å²) < 4.78 is 33.6. The van der Waals surface area contributed by atoms with Crippen molar-refractivity contribution in [3.8, 4) is 0 Å². The van der Waals surface area contributed by atoms with Crippen molar-refractivity contribution >= 4 is 49.7 Å². The molecule has 0 saturated carbocycles. The van der Waals surface area contributed by atoms with Crippen LogP contribution in [0.3, 0.4) is 0 Å². The minimum absolute atomic E-state index is 0. The number of methoxy groups -OCH3 is 1. The highest BCUT2D eigenvalue weighted by molar-refractivity contribution is 9.10. The van der Waals surface area contributed by atoms with Crippen LogP contribution in [0.5, 0.6) is 0 Å². The van der Waals surface area contributed by atoms with Gasteiger partial charge in [-0.25, -0.2) is 13.1 Å². The SMILES string of the molecule is COCC1(CNS(=O)(=O)c2sccc2Br)CCNCC1.Cl. The maximum absolute atomic E-state index is 12.3. The number of ether oxygens (including phenoxy) is 1. The minimum atomic E-state index is -3.46. The molecule has 9 heteroatoms. The third-order valence-corrected chi connectivity index (χ3v) is 7.65. The second-order valence-corrected chi connectivity index (χ2v) is 8.80. The molecule has 2 rings (SSSR count). The highest BCUT2D eigenvalue weighted by Gasteiger charge is 2.34. The van der Waals surface area contributed by atoms with Gasteiger partial charge in [-0.2, -0.15) is 0 Å². The van der Waals surface area contributed by atoms with E-state index in [1.54, 1.807) is 18.6 Å². The molecule has 0 amide bonds. The lowest BCUT2D eigenvalue weighted by Gasteiger charge is -2.37. The number of piperidine rings is 1. The van der Waals surface area contributed by atoms with Crippen molar-refractivity contribution in [3.05, 3.63) is 15.9 Å². The Bertz CT molecular complexity index is 539. The van der Waals surface area contributed by atoms with Crippen LogP contribution in [0.4, 0.5) is 0 Å². The molecule has 2 heterocycles. The predicted octanol–water partition coefficient (Wildman–Crippen LogP) is 2.23. The van der Waals surface area contributed by atoms with Gasteiger partial charge in [0, 0.05) is 23.5 Å².